The van der Waals surface area contributed by atoms with E-state index in [9.17, 15) is 9.59 Å². The van der Waals surface area contributed by atoms with Gasteiger partial charge in [0.15, 0.2) is 0 Å². The van der Waals surface area contributed by atoms with Crippen LogP contribution in [0.15, 0.2) is 0 Å². The predicted octanol–water partition coefficient (Wildman–Crippen LogP) is 0.115. The summed E-state index contributed by atoms with van der Waals surface area (Å²) in [7, 11) is 0. The highest BCUT2D eigenvalue weighted by Gasteiger charge is 2.37. The van der Waals surface area contributed by atoms with Gasteiger partial charge in [-0.1, -0.05) is 6.42 Å². The molecule has 0 aromatic carbocycles. The van der Waals surface area contributed by atoms with Gasteiger partial charge in [0.05, 0.1) is 11.9 Å². The Morgan fingerprint density at radius 2 is 2.19 bits per heavy atom. The number of piperidine rings is 1. The van der Waals surface area contributed by atoms with Gasteiger partial charge in [-0.25, -0.2) is 4.79 Å². The predicted molar refractivity (Wildman–Crippen MR) is 61.2 cm³/mol. The fraction of sp³-hybridized carbons (Fsp3) is 0.800. The lowest BCUT2D eigenvalue weighted by Crippen LogP contribution is -2.52. The van der Waals surface area contributed by atoms with Crippen LogP contribution in [0.5, 0.6) is 0 Å². The number of hydrogen-bond donors (Lipinski definition) is 2. The summed E-state index contributed by atoms with van der Waals surface area (Å²) in [5, 5.41) is 12.2. The van der Waals surface area contributed by atoms with Crippen LogP contribution >= 0.6 is 11.8 Å². The minimum atomic E-state index is -0.894. The number of rotatable bonds is 2. The van der Waals surface area contributed by atoms with E-state index in [1.54, 1.807) is 0 Å². The van der Waals surface area contributed by atoms with Crippen LogP contribution in [-0.2, 0) is 9.59 Å². The van der Waals surface area contributed by atoms with Gasteiger partial charge in [0.25, 0.3) is 0 Å². The van der Waals surface area contributed by atoms with Gasteiger partial charge in [-0.05, 0) is 19.4 Å². The second-order valence-corrected chi connectivity index (χ2v) is 5.16. The number of carbonyl (C=O) groups is 2. The van der Waals surface area contributed by atoms with E-state index in [0.29, 0.717) is 11.6 Å². The van der Waals surface area contributed by atoms with Crippen molar-refractivity contribution < 1.29 is 14.7 Å². The van der Waals surface area contributed by atoms with Gasteiger partial charge in [0.1, 0.15) is 6.04 Å². The van der Waals surface area contributed by atoms with Crippen molar-refractivity contribution in [3.8, 4) is 0 Å². The Labute approximate surface area is 98.6 Å². The molecule has 0 saturated carbocycles. The minimum Gasteiger partial charge on any atom is -0.480 e. The first-order valence-electron chi connectivity index (χ1n) is 5.54. The number of amides is 1. The van der Waals surface area contributed by atoms with Crippen LogP contribution in [0, 0.1) is 0 Å². The maximum atomic E-state index is 12.1. The Hall–Kier alpha value is -0.750. The molecule has 2 heterocycles. The number of aliphatic carboxylic acids is 1. The topological polar surface area (TPSA) is 69.6 Å². The van der Waals surface area contributed by atoms with Crippen LogP contribution in [0.4, 0.5) is 0 Å². The van der Waals surface area contributed by atoms with Gasteiger partial charge in [-0.2, -0.15) is 0 Å². The zero-order chi connectivity index (χ0) is 11.5. The summed E-state index contributed by atoms with van der Waals surface area (Å²) < 4.78 is 0. The van der Waals surface area contributed by atoms with E-state index in [4.69, 9.17) is 5.11 Å². The summed E-state index contributed by atoms with van der Waals surface area (Å²) in [5.74, 6) is 0.0770. The fourth-order valence-corrected chi connectivity index (χ4v) is 3.28. The first-order chi connectivity index (χ1) is 7.70. The molecule has 2 N–H and O–H groups in total. The summed E-state index contributed by atoms with van der Waals surface area (Å²) in [6.45, 7) is 0.856. The fourth-order valence-electron chi connectivity index (χ4n) is 2.13. The second-order valence-electron chi connectivity index (χ2n) is 4.16. The number of thioether (sulfide) groups is 1. The zero-order valence-electron chi connectivity index (χ0n) is 9.02. The minimum absolute atomic E-state index is 0.0444. The zero-order valence-corrected chi connectivity index (χ0v) is 9.83. The Morgan fingerprint density at radius 1 is 1.38 bits per heavy atom. The summed E-state index contributed by atoms with van der Waals surface area (Å²) in [6, 6.07) is -0.810. The molecule has 90 valence electrons. The summed E-state index contributed by atoms with van der Waals surface area (Å²) in [4.78, 5) is 24.6. The van der Waals surface area contributed by atoms with Crippen molar-refractivity contribution in [2.75, 3.05) is 18.2 Å². The van der Waals surface area contributed by atoms with Gasteiger partial charge in [0.2, 0.25) is 5.91 Å². The monoisotopic (exact) mass is 244 g/mol. The molecular weight excluding hydrogens is 228 g/mol. The lowest BCUT2D eigenvalue weighted by atomic mass is 10.0. The number of carboxylic acid groups (broad SMARTS) is 1. The Morgan fingerprint density at radius 3 is 2.81 bits per heavy atom. The third-order valence-corrected chi connectivity index (χ3v) is 4.07. The van der Waals surface area contributed by atoms with Crippen LogP contribution in [0.2, 0.25) is 0 Å². The van der Waals surface area contributed by atoms with E-state index in [-0.39, 0.29) is 11.9 Å². The number of nitrogens with one attached hydrogen (secondary N) is 1. The molecule has 2 aliphatic rings. The molecule has 2 aliphatic heterocycles. The van der Waals surface area contributed by atoms with Crippen LogP contribution in [0.3, 0.4) is 0 Å². The normalized spacial score (nSPS) is 30.4. The molecule has 1 unspecified atom stereocenters. The van der Waals surface area contributed by atoms with Crippen molar-refractivity contribution in [2.24, 2.45) is 0 Å². The van der Waals surface area contributed by atoms with Gasteiger partial charge in [0, 0.05) is 5.75 Å². The Bertz CT molecular complexity index is 292. The highest BCUT2D eigenvalue weighted by Crippen LogP contribution is 2.23. The van der Waals surface area contributed by atoms with Crippen molar-refractivity contribution in [1.82, 2.24) is 10.2 Å². The molecule has 6 heteroatoms. The molecule has 0 aromatic rings. The average Bonchev–Trinajstić information content (AvgIpc) is 2.78. The van der Waals surface area contributed by atoms with Crippen molar-refractivity contribution in [3.63, 3.8) is 0 Å². The van der Waals surface area contributed by atoms with Crippen molar-refractivity contribution in [2.45, 2.75) is 31.3 Å². The Kier molecular flexibility index (Phi) is 3.70. The molecule has 0 radical (unpaired) electrons. The molecule has 0 bridgehead atoms. The van der Waals surface area contributed by atoms with Crippen molar-refractivity contribution in [1.29, 1.82) is 0 Å². The molecule has 0 aromatic heterocycles. The SMILES string of the molecule is O=C(O)C1CSCN1C(=O)[C@@H]1CCCCN1. The van der Waals surface area contributed by atoms with Crippen LogP contribution < -0.4 is 5.32 Å². The van der Waals surface area contributed by atoms with E-state index in [2.05, 4.69) is 5.32 Å². The summed E-state index contributed by atoms with van der Waals surface area (Å²) in [5.41, 5.74) is 0. The lowest BCUT2D eigenvalue weighted by Gasteiger charge is -2.29. The molecule has 16 heavy (non-hydrogen) atoms. The van der Waals surface area contributed by atoms with E-state index >= 15 is 0 Å². The average molecular weight is 244 g/mol. The maximum absolute atomic E-state index is 12.1. The molecule has 0 spiro atoms. The molecule has 2 fully saturated rings. The molecule has 5 nitrogen and oxygen atoms in total. The molecule has 2 rings (SSSR count). The molecule has 2 atom stereocenters. The summed E-state index contributed by atoms with van der Waals surface area (Å²) in [6.07, 6.45) is 2.97. The third-order valence-electron chi connectivity index (χ3n) is 3.06. The quantitative estimate of drug-likeness (QED) is 0.722. The van der Waals surface area contributed by atoms with Gasteiger partial charge in [-0.3, -0.25) is 4.79 Å². The van der Waals surface area contributed by atoms with Crippen molar-refractivity contribution >= 4 is 23.6 Å². The third kappa shape index (κ3) is 2.32. The van der Waals surface area contributed by atoms with Gasteiger partial charge < -0.3 is 15.3 Å². The maximum Gasteiger partial charge on any atom is 0.327 e. The number of carbonyl (C=O) groups excluding carboxylic acids is 1. The van der Waals surface area contributed by atoms with E-state index in [1.165, 1.54) is 16.7 Å². The number of hydrogen-bond acceptors (Lipinski definition) is 4. The van der Waals surface area contributed by atoms with E-state index in [0.717, 1.165) is 25.8 Å². The second kappa shape index (κ2) is 5.05. The number of nitrogens with zero attached hydrogens (tertiary/aromatic N) is 1. The largest absolute Gasteiger partial charge is 0.480 e. The van der Waals surface area contributed by atoms with Crippen LogP contribution in [0.1, 0.15) is 19.3 Å². The highest BCUT2D eigenvalue weighted by molar-refractivity contribution is 7.99. The standard InChI is InChI=1S/C10H16N2O3S/c13-9(7-3-1-2-4-11-7)12-6-16-5-8(12)10(14)15/h7-8,11H,1-6H2,(H,14,15)/t7-,8?/m0/s1. The highest BCUT2D eigenvalue weighted by atomic mass is 32.2. The first kappa shape index (κ1) is 11.7. The first-order valence-corrected chi connectivity index (χ1v) is 6.70. The van der Waals surface area contributed by atoms with Gasteiger partial charge >= 0.3 is 5.97 Å². The van der Waals surface area contributed by atoms with Crippen molar-refractivity contribution in [3.05, 3.63) is 0 Å². The molecule has 2 saturated heterocycles. The smallest absolute Gasteiger partial charge is 0.327 e. The van der Waals surface area contributed by atoms with E-state index < -0.39 is 12.0 Å². The van der Waals surface area contributed by atoms with Crippen LogP contribution in [-0.4, -0.2) is 52.1 Å². The Balaban J connectivity index is 1.99. The van der Waals surface area contributed by atoms with Gasteiger partial charge in [-0.15, -0.1) is 11.8 Å². The summed E-state index contributed by atoms with van der Waals surface area (Å²) >= 11 is 1.51. The molecule has 0 aliphatic carbocycles. The van der Waals surface area contributed by atoms with E-state index in [1.807, 2.05) is 0 Å². The van der Waals surface area contributed by atoms with Crippen LogP contribution in [0.25, 0.3) is 0 Å². The number of carboxylic acids is 1. The molecule has 1 amide bonds. The molecular formula is C10H16N2O3S. The lowest BCUT2D eigenvalue weighted by molar-refractivity contribution is -0.148.